The van der Waals surface area contributed by atoms with Crippen molar-refractivity contribution in [3.05, 3.63) is 12.7 Å². The lowest BCUT2D eigenvalue weighted by molar-refractivity contribution is 0.0654. The summed E-state index contributed by atoms with van der Waals surface area (Å²) in [6.45, 7) is 5.72. The van der Waals surface area contributed by atoms with E-state index in [2.05, 4.69) is 12.0 Å². The van der Waals surface area contributed by atoms with Crippen LogP contribution in [-0.4, -0.2) is 33.0 Å². The van der Waals surface area contributed by atoms with E-state index in [0.29, 0.717) is 19.3 Å². The number of allylic oxidation sites excluding steroid dienone is 1. The number of hydrazine groups is 1. The fourth-order valence-corrected chi connectivity index (χ4v) is 1.29. The summed E-state index contributed by atoms with van der Waals surface area (Å²) in [5, 5.41) is 0. The van der Waals surface area contributed by atoms with Crippen LogP contribution in [0, 0.1) is 0 Å². The summed E-state index contributed by atoms with van der Waals surface area (Å²) in [5.41, 5.74) is 2.81. The van der Waals surface area contributed by atoms with E-state index in [0.717, 1.165) is 32.3 Å². The third-order valence-corrected chi connectivity index (χ3v) is 2.24. The van der Waals surface area contributed by atoms with Crippen molar-refractivity contribution in [1.82, 2.24) is 5.43 Å². The lowest BCUT2D eigenvalue weighted by Crippen LogP contribution is -2.36. The van der Waals surface area contributed by atoms with Crippen LogP contribution in [0.3, 0.4) is 0 Å². The number of rotatable bonds is 11. The van der Waals surface area contributed by atoms with Gasteiger partial charge in [-0.25, -0.2) is 0 Å². The molecule has 0 saturated heterocycles. The van der Waals surface area contributed by atoms with Crippen LogP contribution in [0.2, 0.25) is 0 Å². The average Bonchev–Trinajstić information content (AvgIpc) is 2.26. The molecule has 1 unspecified atom stereocenters. The van der Waals surface area contributed by atoms with Crippen molar-refractivity contribution in [2.75, 3.05) is 26.9 Å². The van der Waals surface area contributed by atoms with Gasteiger partial charge in [0, 0.05) is 19.8 Å². The van der Waals surface area contributed by atoms with E-state index in [1.54, 1.807) is 7.11 Å². The van der Waals surface area contributed by atoms with Gasteiger partial charge in [-0.3, -0.25) is 11.3 Å². The van der Waals surface area contributed by atoms with Gasteiger partial charge in [-0.05, 0) is 25.7 Å². The number of unbranched alkanes of at least 4 members (excludes halogenated alkanes) is 1. The highest BCUT2D eigenvalue weighted by atomic mass is 16.5. The van der Waals surface area contributed by atoms with E-state index >= 15 is 0 Å². The largest absolute Gasteiger partial charge is 0.382 e. The minimum absolute atomic E-state index is 0.340. The van der Waals surface area contributed by atoms with Gasteiger partial charge in [-0.15, -0.1) is 6.58 Å². The van der Waals surface area contributed by atoms with Crippen molar-refractivity contribution < 1.29 is 9.47 Å². The molecule has 0 amide bonds. The van der Waals surface area contributed by atoms with E-state index in [1.807, 2.05) is 6.08 Å². The fourth-order valence-electron chi connectivity index (χ4n) is 1.29. The van der Waals surface area contributed by atoms with Crippen molar-refractivity contribution in [3.63, 3.8) is 0 Å². The van der Waals surface area contributed by atoms with Gasteiger partial charge in [0.05, 0.1) is 13.2 Å². The molecule has 3 N–H and O–H groups in total. The molecule has 0 aromatic heterocycles. The van der Waals surface area contributed by atoms with Crippen LogP contribution >= 0.6 is 0 Å². The smallest absolute Gasteiger partial charge is 0.0700 e. The molecule has 0 aliphatic carbocycles. The monoisotopic (exact) mass is 216 g/mol. The number of ether oxygens (including phenoxy) is 2. The van der Waals surface area contributed by atoms with E-state index in [9.17, 15) is 0 Å². The summed E-state index contributed by atoms with van der Waals surface area (Å²) in [6.07, 6.45) is 6.11. The minimum atomic E-state index is 0.340. The summed E-state index contributed by atoms with van der Waals surface area (Å²) in [5.74, 6) is 5.44. The molecule has 15 heavy (non-hydrogen) atoms. The van der Waals surface area contributed by atoms with Gasteiger partial charge >= 0.3 is 0 Å². The Hall–Kier alpha value is -0.420. The molecule has 1 atom stereocenters. The molecule has 0 aliphatic rings. The molecule has 4 nitrogen and oxygen atoms in total. The molecule has 0 heterocycles. The number of methoxy groups -OCH3 is 1. The highest BCUT2D eigenvalue weighted by Gasteiger charge is 2.05. The summed E-state index contributed by atoms with van der Waals surface area (Å²) >= 11 is 0. The topological polar surface area (TPSA) is 56.5 Å². The second-order valence-electron chi connectivity index (χ2n) is 3.48. The predicted octanol–water partition coefficient (Wildman–Crippen LogP) is 1.23. The Morgan fingerprint density at radius 2 is 2.13 bits per heavy atom. The molecule has 4 heteroatoms. The van der Waals surface area contributed by atoms with Crippen LogP contribution in [0.4, 0.5) is 0 Å². The Morgan fingerprint density at radius 1 is 1.33 bits per heavy atom. The van der Waals surface area contributed by atoms with Crippen molar-refractivity contribution in [2.45, 2.75) is 31.7 Å². The van der Waals surface area contributed by atoms with Crippen molar-refractivity contribution in [3.8, 4) is 0 Å². The SMILES string of the molecule is C=CCCCC(CCOCCOC)NN. The van der Waals surface area contributed by atoms with Crippen LogP contribution in [-0.2, 0) is 9.47 Å². The van der Waals surface area contributed by atoms with Gasteiger partial charge in [0.15, 0.2) is 0 Å². The Bertz CT molecular complexity index is 143. The summed E-state index contributed by atoms with van der Waals surface area (Å²) in [7, 11) is 1.67. The molecule has 0 aromatic carbocycles. The number of nitrogens with one attached hydrogen (secondary N) is 1. The van der Waals surface area contributed by atoms with Gasteiger partial charge in [0.2, 0.25) is 0 Å². The summed E-state index contributed by atoms with van der Waals surface area (Å²) in [6, 6.07) is 0.340. The highest BCUT2D eigenvalue weighted by Crippen LogP contribution is 2.04. The van der Waals surface area contributed by atoms with Crippen LogP contribution in [0.25, 0.3) is 0 Å². The Kier molecular flexibility index (Phi) is 11.3. The Balaban J connectivity index is 3.31. The van der Waals surface area contributed by atoms with Crippen molar-refractivity contribution >= 4 is 0 Å². The molecule has 0 bridgehead atoms. The zero-order chi connectivity index (χ0) is 11.4. The predicted molar refractivity (Wildman–Crippen MR) is 62.5 cm³/mol. The first-order chi connectivity index (χ1) is 7.35. The number of hydrogen-bond acceptors (Lipinski definition) is 4. The van der Waals surface area contributed by atoms with Crippen LogP contribution < -0.4 is 11.3 Å². The molecular formula is C11H24N2O2. The molecule has 0 fully saturated rings. The number of nitrogens with two attached hydrogens (primary N) is 1. The minimum Gasteiger partial charge on any atom is -0.382 e. The standard InChI is InChI=1S/C11H24N2O2/c1-3-4-5-6-11(13-12)7-8-15-10-9-14-2/h3,11,13H,1,4-10,12H2,2H3. The number of hydrogen-bond donors (Lipinski definition) is 2. The molecule has 0 radical (unpaired) electrons. The maximum Gasteiger partial charge on any atom is 0.0700 e. The zero-order valence-electron chi connectivity index (χ0n) is 9.71. The van der Waals surface area contributed by atoms with Crippen LogP contribution in [0.1, 0.15) is 25.7 Å². The average molecular weight is 216 g/mol. The van der Waals surface area contributed by atoms with Gasteiger partial charge < -0.3 is 9.47 Å². The van der Waals surface area contributed by atoms with Gasteiger partial charge in [-0.1, -0.05) is 6.08 Å². The maximum atomic E-state index is 5.44. The molecular weight excluding hydrogens is 192 g/mol. The van der Waals surface area contributed by atoms with Crippen molar-refractivity contribution in [1.29, 1.82) is 0 Å². The van der Waals surface area contributed by atoms with Gasteiger partial charge in [-0.2, -0.15) is 0 Å². The lowest BCUT2D eigenvalue weighted by Gasteiger charge is -2.15. The van der Waals surface area contributed by atoms with E-state index in [4.69, 9.17) is 15.3 Å². The van der Waals surface area contributed by atoms with Gasteiger partial charge in [0.25, 0.3) is 0 Å². The first-order valence-corrected chi connectivity index (χ1v) is 5.48. The molecule has 0 rings (SSSR count). The fraction of sp³-hybridized carbons (Fsp3) is 0.818. The molecule has 90 valence electrons. The van der Waals surface area contributed by atoms with Crippen LogP contribution in [0.15, 0.2) is 12.7 Å². The summed E-state index contributed by atoms with van der Waals surface area (Å²) in [4.78, 5) is 0. The second-order valence-corrected chi connectivity index (χ2v) is 3.48. The second kappa shape index (κ2) is 11.7. The first-order valence-electron chi connectivity index (χ1n) is 5.48. The third kappa shape index (κ3) is 9.87. The molecule has 0 saturated carbocycles. The van der Waals surface area contributed by atoms with Crippen molar-refractivity contribution in [2.24, 2.45) is 5.84 Å². The van der Waals surface area contributed by atoms with Gasteiger partial charge in [0.1, 0.15) is 0 Å². The maximum absolute atomic E-state index is 5.44. The quantitative estimate of drug-likeness (QED) is 0.236. The zero-order valence-corrected chi connectivity index (χ0v) is 9.71. The first kappa shape index (κ1) is 14.6. The Morgan fingerprint density at radius 3 is 2.73 bits per heavy atom. The van der Waals surface area contributed by atoms with E-state index in [1.165, 1.54) is 0 Å². The molecule has 0 aliphatic heterocycles. The molecule has 0 spiro atoms. The lowest BCUT2D eigenvalue weighted by atomic mass is 10.1. The summed E-state index contributed by atoms with van der Waals surface area (Å²) < 4.78 is 10.3. The third-order valence-electron chi connectivity index (χ3n) is 2.24. The van der Waals surface area contributed by atoms with Crippen LogP contribution in [0.5, 0.6) is 0 Å². The Labute approximate surface area is 92.8 Å². The van der Waals surface area contributed by atoms with E-state index < -0.39 is 0 Å². The highest BCUT2D eigenvalue weighted by molar-refractivity contribution is 4.69. The van der Waals surface area contributed by atoms with E-state index in [-0.39, 0.29) is 0 Å². The normalized spacial score (nSPS) is 12.7. The molecule has 0 aromatic rings.